The van der Waals surface area contributed by atoms with Crippen molar-refractivity contribution < 1.29 is 13.6 Å². The summed E-state index contributed by atoms with van der Waals surface area (Å²) in [5.41, 5.74) is 5.00. The van der Waals surface area contributed by atoms with Crippen molar-refractivity contribution in [2.75, 3.05) is 4.55 Å². The molecule has 4 nitrogen and oxygen atoms in total. The monoisotopic (exact) mass is 601 g/mol. The number of alkyl halides is 1. The fourth-order valence-electron chi connectivity index (χ4n) is 3.60. The van der Waals surface area contributed by atoms with E-state index >= 15 is 0 Å². The predicted molar refractivity (Wildman–Crippen MR) is 145 cm³/mol. The first-order valence-electron chi connectivity index (χ1n) is 11.3. The molecular formula is C26H31ClF2IN3O. The Morgan fingerprint density at radius 2 is 1.97 bits per heavy atom. The third-order valence-corrected chi connectivity index (χ3v) is 6.25. The molecule has 8 heteroatoms. The molecule has 0 amide bonds. The van der Waals surface area contributed by atoms with Gasteiger partial charge in [0.2, 0.25) is 0 Å². The van der Waals surface area contributed by atoms with Crippen molar-refractivity contribution in [1.29, 1.82) is 0 Å². The number of carbonyl (C=O) groups is 1. The normalized spacial score (nSPS) is 17.8. The topological polar surface area (TPSA) is 53.5 Å². The Kier molecular flexibility index (Phi) is 11.4. The zero-order valence-corrected chi connectivity index (χ0v) is 22.9. The number of halogens is 4. The van der Waals surface area contributed by atoms with Crippen LogP contribution < -0.4 is 10.6 Å². The van der Waals surface area contributed by atoms with E-state index in [2.05, 4.69) is 46.2 Å². The Labute approximate surface area is 219 Å². The number of aldehydes is 1. The van der Waals surface area contributed by atoms with Gasteiger partial charge in [-0.05, 0) is 73.6 Å². The highest BCUT2D eigenvalue weighted by Gasteiger charge is 2.18. The van der Waals surface area contributed by atoms with Gasteiger partial charge in [-0.15, -0.1) is 0 Å². The summed E-state index contributed by atoms with van der Waals surface area (Å²) in [7, 11) is 0. The van der Waals surface area contributed by atoms with Gasteiger partial charge in [-0.2, -0.15) is 0 Å². The molecule has 2 rings (SSSR count). The second kappa shape index (κ2) is 13.8. The second-order valence-electron chi connectivity index (χ2n) is 7.93. The van der Waals surface area contributed by atoms with Gasteiger partial charge in [-0.1, -0.05) is 54.1 Å². The number of hydrogen-bond donors (Lipinski definition) is 2. The van der Waals surface area contributed by atoms with Crippen molar-refractivity contribution in [2.45, 2.75) is 59.4 Å². The lowest BCUT2D eigenvalue weighted by Gasteiger charge is -2.24. The fraction of sp³-hybridized carbons (Fsp3) is 0.385. The molecule has 0 spiro atoms. The van der Waals surface area contributed by atoms with Crippen LogP contribution in [0.2, 0.25) is 5.02 Å². The van der Waals surface area contributed by atoms with Gasteiger partial charge in [0, 0.05) is 18.2 Å². The number of carbonyl (C=O) groups excluding carboxylic acids is 1. The highest BCUT2D eigenvalue weighted by molar-refractivity contribution is 14.1. The third-order valence-electron chi connectivity index (χ3n) is 5.58. The van der Waals surface area contributed by atoms with E-state index < -0.39 is 11.6 Å². The van der Waals surface area contributed by atoms with Crippen molar-refractivity contribution in [3.05, 3.63) is 80.8 Å². The molecule has 0 aromatic heterocycles. The van der Waals surface area contributed by atoms with Crippen LogP contribution in [0.25, 0.3) is 0 Å². The van der Waals surface area contributed by atoms with Crippen LogP contribution >= 0.6 is 34.2 Å². The minimum absolute atomic E-state index is 0.0458. The van der Waals surface area contributed by atoms with Gasteiger partial charge in [0.05, 0.1) is 21.3 Å². The van der Waals surface area contributed by atoms with Gasteiger partial charge in [0.1, 0.15) is 23.7 Å². The molecule has 0 fully saturated rings. The maximum atomic E-state index is 14.3. The van der Waals surface area contributed by atoms with Crippen molar-refractivity contribution in [3.8, 4) is 0 Å². The number of allylic oxidation sites excluding steroid dienone is 6. The van der Waals surface area contributed by atoms with Crippen molar-refractivity contribution in [1.82, 2.24) is 10.6 Å². The highest BCUT2D eigenvalue weighted by Crippen LogP contribution is 2.26. The molecular weight excluding hydrogens is 571 g/mol. The van der Waals surface area contributed by atoms with Crippen molar-refractivity contribution >= 4 is 46.2 Å². The molecule has 184 valence electrons. The summed E-state index contributed by atoms with van der Waals surface area (Å²) in [6.45, 7) is 7.94. The predicted octanol–water partition coefficient (Wildman–Crippen LogP) is 6.95. The zero-order chi connectivity index (χ0) is 25.3. The lowest BCUT2D eigenvalue weighted by atomic mass is 9.94. The van der Waals surface area contributed by atoms with Gasteiger partial charge in [0.25, 0.3) is 0 Å². The van der Waals surface area contributed by atoms with Crippen LogP contribution in [-0.2, 0) is 11.2 Å². The summed E-state index contributed by atoms with van der Waals surface area (Å²) >= 11 is 8.08. The van der Waals surface area contributed by atoms with Crippen LogP contribution in [0.5, 0.6) is 0 Å². The molecule has 34 heavy (non-hydrogen) atoms. The molecule has 1 aromatic carbocycles. The van der Waals surface area contributed by atoms with Crippen LogP contribution in [0.3, 0.4) is 0 Å². The summed E-state index contributed by atoms with van der Waals surface area (Å²) in [5, 5.41) is 6.69. The molecule has 1 aliphatic rings. The van der Waals surface area contributed by atoms with Crippen LogP contribution in [0.1, 0.15) is 52.5 Å². The lowest BCUT2D eigenvalue weighted by molar-refractivity contribution is -0.108. The Hall–Kier alpha value is -2.00. The highest BCUT2D eigenvalue weighted by atomic mass is 127. The Morgan fingerprint density at radius 1 is 1.24 bits per heavy atom. The molecule has 1 atom stereocenters. The molecule has 1 aliphatic carbocycles. The number of hydrogen-bond acceptors (Lipinski definition) is 4. The van der Waals surface area contributed by atoms with Gasteiger partial charge in [-0.25, -0.2) is 8.78 Å². The summed E-state index contributed by atoms with van der Waals surface area (Å²) < 4.78 is 28.5. The summed E-state index contributed by atoms with van der Waals surface area (Å²) in [5.74, 6) is -0.643. The van der Waals surface area contributed by atoms with E-state index in [-0.39, 0.29) is 17.5 Å². The lowest BCUT2D eigenvalue weighted by Crippen LogP contribution is -2.29. The van der Waals surface area contributed by atoms with Crippen LogP contribution in [0.15, 0.2) is 63.6 Å². The van der Waals surface area contributed by atoms with Gasteiger partial charge >= 0.3 is 0 Å². The van der Waals surface area contributed by atoms with E-state index in [1.54, 1.807) is 0 Å². The Morgan fingerprint density at radius 3 is 2.56 bits per heavy atom. The molecule has 0 saturated heterocycles. The maximum absolute atomic E-state index is 14.3. The van der Waals surface area contributed by atoms with Crippen molar-refractivity contribution in [2.24, 2.45) is 4.99 Å². The van der Waals surface area contributed by atoms with E-state index in [1.165, 1.54) is 6.07 Å². The van der Waals surface area contributed by atoms with E-state index in [4.69, 9.17) is 16.6 Å². The second-order valence-corrected chi connectivity index (χ2v) is 9.10. The summed E-state index contributed by atoms with van der Waals surface area (Å²) in [6.07, 6.45) is 9.24. The average Bonchev–Trinajstić information content (AvgIpc) is 2.82. The number of nitrogens with zero attached hydrogens (tertiary/aromatic N) is 1. The smallest absolute Gasteiger partial charge is 0.144 e. The van der Waals surface area contributed by atoms with E-state index in [0.29, 0.717) is 16.5 Å². The van der Waals surface area contributed by atoms with E-state index in [1.807, 2.05) is 32.9 Å². The quantitative estimate of drug-likeness (QED) is 0.0949. The summed E-state index contributed by atoms with van der Waals surface area (Å²) in [6, 6.07) is 2.10. The number of aliphatic imine (C=N–C) groups is 1. The van der Waals surface area contributed by atoms with Crippen LogP contribution in [0.4, 0.5) is 8.78 Å². The van der Waals surface area contributed by atoms with E-state index in [0.717, 1.165) is 59.1 Å². The maximum Gasteiger partial charge on any atom is 0.144 e. The van der Waals surface area contributed by atoms with E-state index in [9.17, 15) is 13.6 Å². The zero-order valence-electron chi connectivity index (χ0n) is 19.9. The van der Waals surface area contributed by atoms with Crippen LogP contribution in [0, 0.1) is 11.6 Å². The molecule has 0 bridgehead atoms. The first kappa shape index (κ1) is 28.2. The van der Waals surface area contributed by atoms with Crippen LogP contribution in [-0.4, -0.2) is 22.6 Å². The van der Waals surface area contributed by atoms with Gasteiger partial charge in [0.15, 0.2) is 0 Å². The fourth-order valence-corrected chi connectivity index (χ4v) is 4.16. The third kappa shape index (κ3) is 7.50. The van der Waals surface area contributed by atoms with Gasteiger partial charge in [-0.3, -0.25) is 4.99 Å². The largest absolute Gasteiger partial charge is 0.363 e. The van der Waals surface area contributed by atoms with Crippen molar-refractivity contribution in [3.63, 3.8) is 0 Å². The Bertz CT molecular complexity index is 1060. The summed E-state index contributed by atoms with van der Waals surface area (Å²) in [4.78, 5) is 15.8. The minimum atomic E-state index is -0.770. The SMILES string of the molecule is C/C=C1/C=C(N/C(NCI)=C(/C)Cc2cc(Cl)c(F)cc2F)C(CC)=CC1=NC(CC)CC=O. The molecule has 0 saturated carbocycles. The standard InChI is InChI=1S/C26H31ClF2IN3O/c1-5-17-13-25(18(6-2)12-24(17)32-20(7-3)8-9-34)33-26(31-15-30)16(4)10-19-11-21(27)23(29)14-22(19)28/h5,9,11-14,20,31,33H,6-8,10,15H2,1-4H3/b17-5-,26-16-,32-24?. The minimum Gasteiger partial charge on any atom is -0.363 e. The molecule has 0 radical (unpaired) electrons. The molecule has 0 heterocycles. The number of nitrogens with one attached hydrogen (secondary N) is 2. The first-order valence-corrected chi connectivity index (χ1v) is 13.2. The number of rotatable bonds is 11. The first-order chi connectivity index (χ1) is 16.3. The molecule has 0 aliphatic heterocycles. The molecule has 1 aromatic rings. The number of benzene rings is 1. The average molecular weight is 602 g/mol. The molecule has 2 N–H and O–H groups in total. The molecule has 1 unspecified atom stereocenters. The Balaban J connectivity index is 2.40. The van der Waals surface area contributed by atoms with Gasteiger partial charge < -0.3 is 15.4 Å².